The van der Waals surface area contributed by atoms with Crippen LogP contribution in [-0.4, -0.2) is 9.38 Å². The lowest BCUT2D eigenvalue weighted by molar-refractivity contribution is 0.896. The van der Waals surface area contributed by atoms with Crippen molar-refractivity contribution in [2.24, 2.45) is 0 Å². The van der Waals surface area contributed by atoms with E-state index in [0.717, 1.165) is 30.6 Å². The maximum atomic E-state index is 4.99. The van der Waals surface area contributed by atoms with Gasteiger partial charge in [0, 0.05) is 23.3 Å². The Morgan fingerprint density at radius 1 is 0.920 bits per heavy atom. The van der Waals surface area contributed by atoms with Crippen LogP contribution in [0.3, 0.4) is 0 Å². The fourth-order valence-corrected chi connectivity index (χ4v) is 3.66. The molecule has 2 aromatic carbocycles. The van der Waals surface area contributed by atoms with E-state index >= 15 is 0 Å². The molecule has 0 saturated heterocycles. The molecule has 0 aliphatic heterocycles. The van der Waals surface area contributed by atoms with Crippen molar-refractivity contribution in [2.45, 2.75) is 39.5 Å². The van der Waals surface area contributed by atoms with Crippen molar-refractivity contribution >= 4 is 16.4 Å². The smallest absolute Gasteiger partial charge is 0.145 e. The minimum absolute atomic E-state index is 1.04. The molecule has 2 heteroatoms. The first kappa shape index (κ1) is 15.9. The van der Waals surface area contributed by atoms with Crippen LogP contribution in [0.4, 0.5) is 0 Å². The van der Waals surface area contributed by atoms with Gasteiger partial charge in [-0.1, -0.05) is 69.2 Å². The summed E-state index contributed by atoms with van der Waals surface area (Å²) in [6, 6.07) is 17.5. The maximum Gasteiger partial charge on any atom is 0.145 e. The fourth-order valence-electron chi connectivity index (χ4n) is 3.66. The topological polar surface area (TPSA) is 17.3 Å². The second kappa shape index (κ2) is 6.72. The summed E-state index contributed by atoms with van der Waals surface area (Å²) in [4.78, 5) is 4.99. The van der Waals surface area contributed by atoms with Crippen LogP contribution in [0.2, 0.25) is 0 Å². The molecule has 126 valence electrons. The van der Waals surface area contributed by atoms with Crippen molar-refractivity contribution in [1.82, 2.24) is 9.38 Å². The average Bonchev–Trinajstić information content (AvgIpc) is 3.07. The van der Waals surface area contributed by atoms with Gasteiger partial charge in [-0.15, -0.1) is 0 Å². The summed E-state index contributed by atoms with van der Waals surface area (Å²) in [7, 11) is 0. The van der Waals surface area contributed by atoms with Crippen molar-refractivity contribution in [1.29, 1.82) is 0 Å². The van der Waals surface area contributed by atoms with Gasteiger partial charge in [-0.3, -0.25) is 0 Å². The Kier molecular flexibility index (Phi) is 4.27. The van der Waals surface area contributed by atoms with Crippen LogP contribution in [0, 0.1) is 0 Å². The van der Waals surface area contributed by atoms with Gasteiger partial charge in [0.2, 0.25) is 0 Å². The van der Waals surface area contributed by atoms with Gasteiger partial charge in [0.15, 0.2) is 0 Å². The molecule has 0 N–H and O–H groups in total. The number of imidazole rings is 1. The first-order valence-corrected chi connectivity index (χ1v) is 9.28. The average molecular weight is 328 g/mol. The van der Waals surface area contributed by atoms with Crippen LogP contribution in [0.15, 0.2) is 60.9 Å². The third-order valence-corrected chi connectivity index (χ3v) is 4.85. The Hall–Kier alpha value is -2.61. The molecule has 4 rings (SSSR count). The highest BCUT2D eigenvalue weighted by atomic mass is 15.0. The second-order valence-corrected chi connectivity index (χ2v) is 6.75. The summed E-state index contributed by atoms with van der Waals surface area (Å²) < 4.78 is 2.15. The first-order chi connectivity index (χ1) is 12.3. The fraction of sp³-hybridized carbons (Fsp3) is 0.261. The lowest BCUT2D eigenvalue weighted by atomic mass is 9.97. The third kappa shape index (κ3) is 2.93. The van der Waals surface area contributed by atoms with Crippen LogP contribution in [-0.2, 0) is 12.8 Å². The van der Waals surface area contributed by atoms with Crippen LogP contribution >= 0.6 is 0 Å². The molecule has 0 unspecified atom stereocenters. The number of hydrogen-bond donors (Lipinski definition) is 0. The van der Waals surface area contributed by atoms with Crippen LogP contribution in [0.1, 0.15) is 37.8 Å². The molecule has 25 heavy (non-hydrogen) atoms. The van der Waals surface area contributed by atoms with E-state index in [1.54, 1.807) is 0 Å². The predicted molar refractivity (Wildman–Crippen MR) is 106 cm³/mol. The van der Waals surface area contributed by atoms with Gasteiger partial charge in [0.05, 0.1) is 5.69 Å². The molecule has 0 amide bonds. The third-order valence-electron chi connectivity index (χ3n) is 4.85. The van der Waals surface area contributed by atoms with E-state index in [2.05, 4.69) is 79.2 Å². The van der Waals surface area contributed by atoms with Crippen molar-refractivity contribution in [3.05, 3.63) is 72.1 Å². The summed E-state index contributed by atoms with van der Waals surface area (Å²) in [5.41, 5.74) is 6.23. The van der Waals surface area contributed by atoms with Crippen molar-refractivity contribution in [3.8, 4) is 11.3 Å². The largest absolute Gasteiger partial charge is 0.306 e. The molecule has 4 aromatic rings. The zero-order valence-corrected chi connectivity index (χ0v) is 15.0. The molecule has 2 heterocycles. The number of pyridine rings is 1. The van der Waals surface area contributed by atoms with Gasteiger partial charge in [-0.05, 0) is 35.4 Å². The number of fused-ring (bicyclic) bond motifs is 3. The van der Waals surface area contributed by atoms with Gasteiger partial charge >= 0.3 is 0 Å². The number of benzene rings is 2. The molecule has 0 bridgehead atoms. The van der Waals surface area contributed by atoms with Crippen molar-refractivity contribution < 1.29 is 0 Å². The van der Waals surface area contributed by atoms with Gasteiger partial charge < -0.3 is 4.40 Å². The zero-order valence-electron chi connectivity index (χ0n) is 15.0. The Morgan fingerprint density at radius 2 is 1.76 bits per heavy atom. The number of rotatable bonds is 5. The predicted octanol–water partition coefficient (Wildman–Crippen LogP) is 6.06. The minimum atomic E-state index is 1.04. The molecular weight excluding hydrogens is 304 g/mol. The van der Waals surface area contributed by atoms with Crippen molar-refractivity contribution in [2.75, 3.05) is 0 Å². The van der Waals surface area contributed by atoms with Crippen LogP contribution < -0.4 is 0 Å². The van der Waals surface area contributed by atoms with Crippen LogP contribution in [0.25, 0.3) is 27.7 Å². The molecule has 0 radical (unpaired) electrons. The number of nitrogens with zero attached hydrogens (tertiary/aromatic N) is 2. The zero-order chi connectivity index (χ0) is 17.2. The lowest BCUT2D eigenvalue weighted by Crippen LogP contribution is -1.93. The number of aryl methyl sites for hydroxylation is 2. The summed E-state index contributed by atoms with van der Waals surface area (Å²) in [5, 5.41) is 2.44. The summed E-state index contributed by atoms with van der Waals surface area (Å²) in [5.74, 6) is 0. The molecule has 0 fully saturated rings. The molecule has 0 atom stereocenters. The van der Waals surface area contributed by atoms with Gasteiger partial charge in [-0.25, -0.2) is 4.98 Å². The molecule has 0 aliphatic carbocycles. The number of aromatic nitrogens is 2. The van der Waals surface area contributed by atoms with Crippen molar-refractivity contribution in [3.63, 3.8) is 0 Å². The normalized spacial score (nSPS) is 11.4. The second-order valence-electron chi connectivity index (χ2n) is 6.75. The molecule has 2 aromatic heterocycles. The molecule has 0 saturated carbocycles. The maximum absolute atomic E-state index is 4.99. The summed E-state index contributed by atoms with van der Waals surface area (Å²) >= 11 is 0. The van der Waals surface area contributed by atoms with E-state index in [-0.39, 0.29) is 0 Å². The monoisotopic (exact) mass is 328 g/mol. The Balaban J connectivity index is 1.87. The highest BCUT2D eigenvalue weighted by molar-refractivity contribution is 5.94. The Bertz CT molecular complexity index is 1030. The van der Waals surface area contributed by atoms with E-state index in [9.17, 15) is 0 Å². The van der Waals surface area contributed by atoms with E-state index in [1.165, 1.54) is 33.9 Å². The van der Waals surface area contributed by atoms with Gasteiger partial charge in [0.25, 0.3) is 0 Å². The molecular formula is C23H24N2. The summed E-state index contributed by atoms with van der Waals surface area (Å²) in [6.45, 7) is 4.48. The van der Waals surface area contributed by atoms with E-state index in [1.807, 2.05) is 0 Å². The van der Waals surface area contributed by atoms with E-state index < -0.39 is 0 Å². The lowest BCUT2D eigenvalue weighted by Gasteiger charge is -2.09. The standard InChI is InChI=1S/C23H24N2/c1-3-7-17-11-12-20(19(15-17)8-4-2)22-16-25-14-13-18-9-5-6-10-21(18)23(25)24-22/h5-6,9-16H,3-4,7-8H2,1-2H3. The quantitative estimate of drug-likeness (QED) is 0.435. The first-order valence-electron chi connectivity index (χ1n) is 9.28. The van der Waals surface area contributed by atoms with E-state index in [4.69, 9.17) is 4.98 Å². The highest BCUT2D eigenvalue weighted by Gasteiger charge is 2.11. The highest BCUT2D eigenvalue weighted by Crippen LogP contribution is 2.28. The van der Waals surface area contributed by atoms with Gasteiger partial charge in [-0.2, -0.15) is 0 Å². The molecule has 0 spiro atoms. The Morgan fingerprint density at radius 3 is 2.60 bits per heavy atom. The SMILES string of the molecule is CCCc1ccc(-c2cn3ccc4ccccc4c3n2)c(CCC)c1. The minimum Gasteiger partial charge on any atom is -0.306 e. The van der Waals surface area contributed by atoms with Gasteiger partial charge in [0.1, 0.15) is 5.65 Å². The number of hydrogen-bond acceptors (Lipinski definition) is 1. The summed E-state index contributed by atoms with van der Waals surface area (Å²) in [6.07, 6.45) is 8.85. The molecule has 2 nitrogen and oxygen atoms in total. The van der Waals surface area contributed by atoms with E-state index in [0.29, 0.717) is 0 Å². The molecule has 0 aliphatic rings. The van der Waals surface area contributed by atoms with Crippen LogP contribution in [0.5, 0.6) is 0 Å². The Labute approximate surface area is 149 Å².